The first-order valence-corrected chi connectivity index (χ1v) is 15.7. The van der Waals surface area contributed by atoms with E-state index in [1.807, 2.05) is 0 Å². The van der Waals surface area contributed by atoms with E-state index in [0.29, 0.717) is 37.5 Å². The summed E-state index contributed by atoms with van der Waals surface area (Å²) in [6, 6.07) is 11.0. The van der Waals surface area contributed by atoms with Crippen LogP contribution >= 0.6 is 0 Å². The monoisotopic (exact) mass is 549 g/mol. The van der Waals surface area contributed by atoms with Crippen molar-refractivity contribution in [2.24, 2.45) is 0 Å². The number of hydrogen-bond acceptors (Lipinski definition) is 6. The Balaban J connectivity index is 1.32. The minimum Gasteiger partial charge on any atom is -0.492 e. The molecule has 2 aromatic carbocycles. The maximum Gasteiger partial charge on any atom is 0.251 e. The maximum absolute atomic E-state index is 13.2. The van der Waals surface area contributed by atoms with Crippen molar-refractivity contribution in [2.75, 3.05) is 39.3 Å². The Morgan fingerprint density at radius 3 is 2.00 bits per heavy atom. The molecule has 0 atom stereocenters. The third kappa shape index (κ3) is 6.51. The predicted molar refractivity (Wildman–Crippen MR) is 141 cm³/mol. The average Bonchev–Trinajstić information content (AvgIpc) is 3.30. The summed E-state index contributed by atoms with van der Waals surface area (Å²) >= 11 is 0. The van der Waals surface area contributed by atoms with Crippen molar-refractivity contribution >= 4 is 26.0 Å². The van der Waals surface area contributed by atoms with E-state index in [4.69, 9.17) is 4.74 Å². The van der Waals surface area contributed by atoms with Crippen molar-refractivity contribution in [1.29, 1.82) is 0 Å². The highest BCUT2D eigenvalue weighted by atomic mass is 32.2. The van der Waals surface area contributed by atoms with Crippen molar-refractivity contribution in [2.45, 2.75) is 55.2 Å². The minimum atomic E-state index is -3.67. The van der Waals surface area contributed by atoms with Gasteiger partial charge in [-0.15, -0.1) is 0 Å². The normalized spacial score (nSPS) is 17.9. The number of sulfonamides is 2. The van der Waals surface area contributed by atoms with Gasteiger partial charge < -0.3 is 10.1 Å². The molecule has 9 nitrogen and oxygen atoms in total. The smallest absolute Gasteiger partial charge is 0.251 e. The van der Waals surface area contributed by atoms with Crippen LogP contribution in [0.2, 0.25) is 0 Å². The number of rotatable bonds is 9. The van der Waals surface area contributed by atoms with Gasteiger partial charge in [-0.2, -0.15) is 8.61 Å². The molecular formula is C26H35N3O6S2. The summed E-state index contributed by atoms with van der Waals surface area (Å²) in [6.45, 7) is 4.21. The van der Waals surface area contributed by atoms with Crippen molar-refractivity contribution in [3.63, 3.8) is 0 Å². The van der Waals surface area contributed by atoms with Crippen LogP contribution in [0.25, 0.3) is 0 Å². The van der Waals surface area contributed by atoms with E-state index < -0.39 is 20.0 Å². The number of hydrogen-bond donors (Lipinski definition) is 1. The van der Waals surface area contributed by atoms with Gasteiger partial charge in [0.1, 0.15) is 12.4 Å². The van der Waals surface area contributed by atoms with Gasteiger partial charge in [0.05, 0.1) is 16.3 Å². The number of nitrogens with one attached hydrogen (secondary N) is 1. The number of nitrogens with zero attached hydrogens (tertiary/aromatic N) is 2. The first kappa shape index (κ1) is 27.6. The largest absolute Gasteiger partial charge is 0.492 e. The number of carbonyl (C=O) groups excluding carboxylic acids is 1. The Labute approximate surface area is 219 Å². The van der Waals surface area contributed by atoms with Gasteiger partial charge in [0.15, 0.2) is 0 Å². The van der Waals surface area contributed by atoms with Gasteiger partial charge in [-0.1, -0.05) is 18.9 Å². The maximum atomic E-state index is 13.2. The summed E-state index contributed by atoms with van der Waals surface area (Å²) in [6.07, 6.45) is 5.49. The van der Waals surface area contributed by atoms with Crippen LogP contribution in [0.15, 0.2) is 52.3 Å². The van der Waals surface area contributed by atoms with Gasteiger partial charge in [0.2, 0.25) is 20.0 Å². The number of carbonyl (C=O) groups is 1. The van der Waals surface area contributed by atoms with Crippen LogP contribution in [0.5, 0.6) is 5.75 Å². The number of amides is 1. The number of aryl methyl sites for hydroxylation is 1. The molecule has 2 aliphatic heterocycles. The fourth-order valence-electron chi connectivity index (χ4n) is 4.66. The molecule has 1 N–H and O–H groups in total. The van der Waals surface area contributed by atoms with Crippen LogP contribution in [0, 0.1) is 6.92 Å². The lowest BCUT2D eigenvalue weighted by molar-refractivity contribution is 0.0946. The van der Waals surface area contributed by atoms with Crippen molar-refractivity contribution < 1.29 is 26.4 Å². The van der Waals surface area contributed by atoms with E-state index in [1.165, 1.54) is 26.8 Å². The fraction of sp³-hybridized carbons (Fsp3) is 0.500. The molecule has 37 heavy (non-hydrogen) atoms. The fourth-order valence-corrected chi connectivity index (χ4v) is 7.95. The van der Waals surface area contributed by atoms with Crippen LogP contribution < -0.4 is 10.1 Å². The molecular weight excluding hydrogens is 514 g/mol. The lowest BCUT2D eigenvalue weighted by Crippen LogP contribution is -2.33. The van der Waals surface area contributed by atoms with E-state index in [1.54, 1.807) is 31.2 Å². The quantitative estimate of drug-likeness (QED) is 0.481. The summed E-state index contributed by atoms with van der Waals surface area (Å²) < 4.78 is 60.4. The molecule has 0 aliphatic carbocycles. The van der Waals surface area contributed by atoms with E-state index in [-0.39, 0.29) is 34.4 Å². The van der Waals surface area contributed by atoms with E-state index in [9.17, 15) is 21.6 Å². The topological polar surface area (TPSA) is 113 Å². The molecule has 11 heteroatoms. The SMILES string of the molecule is Cc1ccc(C(=O)NCCOc2ccc(S(=O)(=O)N3CCCC3)cc2)cc1S(=O)(=O)N1CCCCCC1. The zero-order valence-electron chi connectivity index (χ0n) is 21.2. The van der Waals surface area contributed by atoms with E-state index in [2.05, 4.69) is 5.32 Å². The Morgan fingerprint density at radius 2 is 1.38 bits per heavy atom. The van der Waals surface area contributed by atoms with Gasteiger partial charge in [-0.05, 0) is 74.6 Å². The summed E-state index contributed by atoms with van der Waals surface area (Å²) in [4.78, 5) is 13.1. The number of benzene rings is 2. The highest BCUT2D eigenvalue weighted by Crippen LogP contribution is 2.25. The molecule has 0 unspecified atom stereocenters. The minimum absolute atomic E-state index is 0.169. The molecule has 2 fully saturated rings. The highest BCUT2D eigenvalue weighted by molar-refractivity contribution is 7.89. The second kappa shape index (κ2) is 11.9. The van der Waals surface area contributed by atoms with Crippen LogP contribution in [-0.4, -0.2) is 70.7 Å². The average molecular weight is 550 g/mol. The molecule has 202 valence electrons. The highest BCUT2D eigenvalue weighted by Gasteiger charge is 2.28. The van der Waals surface area contributed by atoms with Crippen LogP contribution in [0.1, 0.15) is 54.4 Å². The van der Waals surface area contributed by atoms with Crippen LogP contribution in [0.3, 0.4) is 0 Å². The van der Waals surface area contributed by atoms with Crippen LogP contribution in [-0.2, 0) is 20.0 Å². The van der Waals surface area contributed by atoms with Crippen molar-refractivity contribution in [3.8, 4) is 5.75 Å². The summed E-state index contributed by atoms with van der Waals surface area (Å²) in [7, 11) is -7.14. The second-order valence-electron chi connectivity index (χ2n) is 9.49. The molecule has 4 rings (SSSR count). The summed E-state index contributed by atoms with van der Waals surface area (Å²) in [5, 5.41) is 2.75. The summed E-state index contributed by atoms with van der Waals surface area (Å²) in [5.41, 5.74) is 0.884. The Morgan fingerprint density at radius 1 is 0.811 bits per heavy atom. The van der Waals surface area contributed by atoms with Gasteiger partial charge in [0, 0.05) is 31.7 Å². The van der Waals surface area contributed by atoms with E-state index in [0.717, 1.165) is 38.5 Å². The molecule has 0 radical (unpaired) electrons. The molecule has 2 aliphatic rings. The Bertz CT molecular complexity index is 1300. The lowest BCUT2D eigenvalue weighted by atomic mass is 10.1. The third-order valence-electron chi connectivity index (χ3n) is 6.82. The van der Waals surface area contributed by atoms with Crippen LogP contribution in [0.4, 0.5) is 0 Å². The molecule has 0 spiro atoms. The van der Waals surface area contributed by atoms with Crippen molar-refractivity contribution in [1.82, 2.24) is 13.9 Å². The van der Waals surface area contributed by atoms with Gasteiger partial charge >= 0.3 is 0 Å². The molecule has 2 aromatic rings. The Kier molecular flexibility index (Phi) is 8.89. The molecule has 0 saturated carbocycles. The lowest BCUT2D eigenvalue weighted by Gasteiger charge is -2.21. The molecule has 2 heterocycles. The first-order valence-electron chi connectivity index (χ1n) is 12.8. The molecule has 0 aromatic heterocycles. The van der Waals surface area contributed by atoms with Gasteiger partial charge in [-0.3, -0.25) is 4.79 Å². The molecule has 2 saturated heterocycles. The standard InChI is InChI=1S/C26H35N3O6S2/c1-21-8-9-22(20-25(21)37(33,34)29-15-4-2-3-5-16-29)26(30)27-14-19-35-23-10-12-24(13-11-23)36(31,32)28-17-6-7-18-28/h8-13,20H,2-7,14-19H2,1H3,(H,27,30). The zero-order chi connectivity index (χ0) is 26.5. The zero-order valence-corrected chi connectivity index (χ0v) is 22.8. The van der Waals surface area contributed by atoms with Gasteiger partial charge in [0.25, 0.3) is 5.91 Å². The van der Waals surface area contributed by atoms with E-state index >= 15 is 0 Å². The first-order chi connectivity index (χ1) is 17.7. The Hall–Kier alpha value is -2.47. The second-order valence-corrected chi connectivity index (χ2v) is 13.3. The molecule has 1 amide bonds. The molecule has 0 bridgehead atoms. The summed E-state index contributed by atoms with van der Waals surface area (Å²) in [5.74, 6) is 0.110. The predicted octanol–water partition coefficient (Wildman–Crippen LogP) is 3.15. The third-order valence-corrected chi connectivity index (χ3v) is 10.8. The van der Waals surface area contributed by atoms with Gasteiger partial charge in [-0.25, -0.2) is 16.8 Å². The number of ether oxygens (including phenoxy) is 1. The van der Waals surface area contributed by atoms with Crippen molar-refractivity contribution in [3.05, 3.63) is 53.6 Å².